The molecule has 7 nitrogen and oxygen atoms in total. The summed E-state index contributed by atoms with van der Waals surface area (Å²) in [6, 6.07) is 4.86. The summed E-state index contributed by atoms with van der Waals surface area (Å²) in [4.78, 5) is 41.1. The molecule has 0 aliphatic carbocycles. The Morgan fingerprint density at radius 1 is 1.25 bits per heavy atom. The maximum atomic E-state index is 13.4. The number of fused-ring (bicyclic) bond motifs is 4. The van der Waals surface area contributed by atoms with Gasteiger partial charge in [-0.25, -0.2) is 0 Å². The number of methoxy groups -OCH3 is 1. The van der Waals surface area contributed by atoms with Gasteiger partial charge in [-0.1, -0.05) is 25.4 Å². The Balaban J connectivity index is 1.81. The highest BCUT2D eigenvalue weighted by molar-refractivity contribution is 6.31. The van der Waals surface area contributed by atoms with Gasteiger partial charge in [0.15, 0.2) is 0 Å². The lowest BCUT2D eigenvalue weighted by molar-refractivity contribution is -0.143. The molecule has 1 aromatic rings. The number of amides is 3. The summed E-state index contributed by atoms with van der Waals surface area (Å²) in [7, 11) is 1.58. The lowest BCUT2D eigenvalue weighted by Gasteiger charge is -2.30. The summed E-state index contributed by atoms with van der Waals surface area (Å²) >= 11 is 6.21. The summed E-state index contributed by atoms with van der Waals surface area (Å²) in [5, 5.41) is 6.74. The quantitative estimate of drug-likeness (QED) is 0.575. The summed E-state index contributed by atoms with van der Waals surface area (Å²) in [5.41, 5.74) is -0.00560. The van der Waals surface area contributed by atoms with Crippen LogP contribution in [0.3, 0.4) is 0 Å². The number of nitrogens with one attached hydrogen (secondary N) is 2. The number of anilines is 1. The SMILES string of the molecule is COCCCN1C(=O)[C@@H]2[C@@H](C(C)C)N[C@]3(C(=O)Nc4ccc(Cl)cc43)[C@@H]2C1=O. The van der Waals surface area contributed by atoms with Crippen LogP contribution in [0.15, 0.2) is 18.2 Å². The average molecular weight is 406 g/mol. The number of benzene rings is 1. The summed E-state index contributed by atoms with van der Waals surface area (Å²) in [6.45, 7) is 4.74. The fourth-order valence-electron chi connectivity index (χ4n) is 4.93. The number of likely N-dealkylation sites (tertiary alicyclic amines) is 1. The van der Waals surface area contributed by atoms with Crippen LogP contribution in [0.4, 0.5) is 5.69 Å². The van der Waals surface area contributed by atoms with Gasteiger partial charge in [-0.05, 0) is 30.5 Å². The number of halogens is 1. The largest absolute Gasteiger partial charge is 0.385 e. The number of hydrogen-bond donors (Lipinski definition) is 2. The molecule has 3 aliphatic heterocycles. The van der Waals surface area contributed by atoms with Crippen LogP contribution in [0, 0.1) is 17.8 Å². The van der Waals surface area contributed by atoms with Crippen LogP contribution in [0.5, 0.6) is 0 Å². The zero-order chi connectivity index (χ0) is 20.2. The summed E-state index contributed by atoms with van der Waals surface area (Å²) in [6.07, 6.45) is 0.564. The Kier molecular flexibility index (Phi) is 4.72. The number of rotatable bonds is 5. The topological polar surface area (TPSA) is 87.7 Å². The third kappa shape index (κ3) is 2.53. The number of imide groups is 1. The highest BCUT2D eigenvalue weighted by atomic mass is 35.5. The minimum absolute atomic E-state index is 0.0681. The molecule has 150 valence electrons. The molecule has 0 saturated carbocycles. The molecule has 4 rings (SSSR count). The molecule has 0 bridgehead atoms. The first kappa shape index (κ1) is 19.4. The number of ether oxygens (including phenoxy) is 1. The normalized spacial score (nSPS) is 31.1. The van der Waals surface area contributed by atoms with Crippen LogP contribution in [0.2, 0.25) is 5.02 Å². The molecule has 1 aromatic carbocycles. The van der Waals surface area contributed by atoms with Gasteiger partial charge in [0.25, 0.3) is 0 Å². The smallest absolute Gasteiger partial charge is 0.250 e. The van der Waals surface area contributed by atoms with Gasteiger partial charge in [0, 0.05) is 42.6 Å². The van der Waals surface area contributed by atoms with Gasteiger partial charge in [-0.3, -0.25) is 24.6 Å². The van der Waals surface area contributed by atoms with Crippen LogP contribution in [-0.4, -0.2) is 48.9 Å². The van der Waals surface area contributed by atoms with E-state index in [9.17, 15) is 14.4 Å². The van der Waals surface area contributed by atoms with Crippen LogP contribution >= 0.6 is 11.6 Å². The van der Waals surface area contributed by atoms with Crippen molar-refractivity contribution in [2.45, 2.75) is 31.8 Å². The number of nitrogens with zero attached hydrogens (tertiary/aromatic N) is 1. The van der Waals surface area contributed by atoms with Gasteiger partial charge in [-0.2, -0.15) is 0 Å². The third-order valence-corrected chi connectivity index (χ3v) is 6.39. The van der Waals surface area contributed by atoms with Crippen molar-refractivity contribution in [3.8, 4) is 0 Å². The molecule has 2 fully saturated rings. The highest BCUT2D eigenvalue weighted by Gasteiger charge is 2.70. The van der Waals surface area contributed by atoms with E-state index in [1.54, 1.807) is 25.3 Å². The van der Waals surface area contributed by atoms with E-state index in [0.29, 0.717) is 35.8 Å². The zero-order valence-corrected chi connectivity index (χ0v) is 16.9. The molecule has 0 unspecified atom stereocenters. The van der Waals surface area contributed by atoms with Crippen molar-refractivity contribution < 1.29 is 19.1 Å². The number of carbonyl (C=O) groups excluding carboxylic acids is 3. The molecule has 0 radical (unpaired) electrons. The fraction of sp³-hybridized carbons (Fsp3) is 0.550. The van der Waals surface area contributed by atoms with Crippen LogP contribution in [-0.2, 0) is 24.7 Å². The number of hydrogen-bond acceptors (Lipinski definition) is 5. The second-order valence-electron chi connectivity index (χ2n) is 8.04. The highest BCUT2D eigenvalue weighted by Crippen LogP contribution is 2.54. The van der Waals surface area contributed by atoms with Gasteiger partial charge in [0.2, 0.25) is 17.7 Å². The summed E-state index contributed by atoms with van der Waals surface area (Å²) < 4.78 is 5.06. The van der Waals surface area contributed by atoms with Crippen molar-refractivity contribution in [2.75, 3.05) is 25.6 Å². The Hall–Kier alpha value is -1.96. The monoisotopic (exact) mass is 405 g/mol. The fourth-order valence-corrected chi connectivity index (χ4v) is 5.10. The second-order valence-corrected chi connectivity index (χ2v) is 8.48. The third-order valence-electron chi connectivity index (χ3n) is 6.15. The maximum Gasteiger partial charge on any atom is 0.250 e. The molecule has 0 aromatic heterocycles. The van der Waals surface area contributed by atoms with Crippen molar-refractivity contribution in [3.05, 3.63) is 28.8 Å². The zero-order valence-electron chi connectivity index (χ0n) is 16.1. The van der Waals surface area contributed by atoms with Crippen LogP contribution in [0.1, 0.15) is 25.8 Å². The predicted octanol–water partition coefficient (Wildman–Crippen LogP) is 1.75. The van der Waals surface area contributed by atoms with E-state index in [-0.39, 0.29) is 29.7 Å². The van der Waals surface area contributed by atoms with Crippen molar-refractivity contribution in [1.82, 2.24) is 10.2 Å². The minimum atomic E-state index is -1.28. The Bertz CT molecular complexity index is 858. The van der Waals surface area contributed by atoms with E-state index in [1.807, 2.05) is 13.8 Å². The lowest BCUT2D eigenvalue weighted by Crippen LogP contribution is -2.54. The van der Waals surface area contributed by atoms with Gasteiger partial charge >= 0.3 is 0 Å². The van der Waals surface area contributed by atoms with E-state index in [0.717, 1.165) is 0 Å². The lowest BCUT2D eigenvalue weighted by atomic mass is 9.76. The standard InChI is InChI=1S/C20H24ClN3O4/c1-10(2)16-14-15(18(26)24(17(14)25)7-4-8-28-3)20(23-16)12-9-11(21)5-6-13(12)22-19(20)27/h5-6,9-10,14-16,23H,4,7-8H2,1-3H3,(H,22,27)/t14-,15-,16+,20-/m0/s1. The van der Waals surface area contributed by atoms with E-state index in [1.165, 1.54) is 4.90 Å². The average Bonchev–Trinajstić information content (AvgIpc) is 3.23. The Labute approximate surface area is 168 Å². The van der Waals surface area contributed by atoms with E-state index in [4.69, 9.17) is 16.3 Å². The van der Waals surface area contributed by atoms with Crippen molar-refractivity contribution in [3.63, 3.8) is 0 Å². The van der Waals surface area contributed by atoms with Crippen LogP contribution < -0.4 is 10.6 Å². The predicted molar refractivity (Wildman–Crippen MR) is 104 cm³/mol. The van der Waals surface area contributed by atoms with Gasteiger partial charge < -0.3 is 10.1 Å². The molecule has 3 heterocycles. The molecule has 2 saturated heterocycles. The Morgan fingerprint density at radius 2 is 2.00 bits per heavy atom. The molecule has 3 aliphatic rings. The van der Waals surface area contributed by atoms with Crippen molar-refractivity contribution in [2.24, 2.45) is 17.8 Å². The molecule has 3 amide bonds. The van der Waals surface area contributed by atoms with Gasteiger partial charge in [0.05, 0.1) is 11.8 Å². The molecule has 8 heteroatoms. The minimum Gasteiger partial charge on any atom is -0.385 e. The van der Waals surface area contributed by atoms with Crippen LogP contribution in [0.25, 0.3) is 0 Å². The molecule has 28 heavy (non-hydrogen) atoms. The number of carbonyl (C=O) groups is 3. The van der Waals surface area contributed by atoms with E-state index in [2.05, 4.69) is 10.6 Å². The molecular formula is C20H24ClN3O4. The van der Waals surface area contributed by atoms with E-state index < -0.39 is 17.4 Å². The second kappa shape index (κ2) is 6.83. The maximum absolute atomic E-state index is 13.4. The molecule has 1 spiro atoms. The van der Waals surface area contributed by atoms with Gasteiger partial charge in [0.1, 0.15) is 5.54 Å². The van der Waals surface area contributed by atoms with Gasteiger partial charge in [-0.15, -0.1) is 0 Å². The van der Waals surface area contributed by atoms with E-state index >= 15 is 0 Å². The molecule has 4 atom stereocenters. The Morgan fingerprint density at radius 3 is 2.68 bits per heavy atom. The first-order chi connectivity index (χ1) is 13.3. The van der Waals surface area contributed by atoms with Crippen molar-refractivity contribution >= 4 is 35.0 Å². The first-order valence-electron chi connectivity index (χ1n) is 9.56. The molecule has 2 N–H and O–H groups in total. The first-order valence-corrected chi connectivity index (χ1v) is 9.94. The summed E-state index contributed by atoms with van der Waals surface area (Å²) in [5.74, 6) is -2.11. The van der Waals surface area contributed by atoms with Crippen molar-refractivity contribution in [1.29, 1.82) is 0 Å². The molecular weight excluding hydrogens is 382 g/mol.